The van der Waals surface area contributed by atoms with Crippen molar-refractivity contribution in [3.63, 3.8) is 0 Å². The summed E-state index contributed by atoms with van der Waals surface area (Å²) >= 11 is 0. The highest BCUT2D eigenvalue weighted by molar-refractivity contribution is 5.05. The Kier molecular flexibility index (Phi) is 12.6. The summed E-state index contributed by atoms with van der Waals surface area (Å²) in [6, 6.07) is 0. The highest BCUT2D eigenvalue weighted by Gasteiger charge is 2.00. The lowest BCUT2D eigenvalue weighted by Gasteiger charge is -2.09. The topological polar surface area (TPSA) is 0 Å². The molecule has 0 radical (unpaired) electrons. The Labute approximate surface area is 116 Å². The molecule has 0 aliphatic carbocycles. The molecule has 0 heterocycles. The normalized spacial score (nSPS) is 12.9. The Morgan fingerprint density at radius 3 is 2.17 bits per heavy atom. The zero-order chi connectivity index (χ0) is 13.6. The van der Waals surface area contributed by atoms with Crippen LogP contribution in [0.25, 0.3) is 0 Å². The van der Waals surface area contributed by atoms with Crippen molar-refractivity contribution in [2.75, 3.05) is 0 Å². The molecular weight excluding hydrogens is 216 g/mol. The quantitative estimate of drug-likeness (QED) is 0.283. The third-order valence-electron chi connectivity index (χ3n) is 3.30. The van der Waals surface area contributed by atoms with E-state index in [-0.39, 0.29) is 0 Å². The van der Waals surface area contributed by atoms with Crippen LogP contribution >= 0.6 is 0 Å². The van der Waals surface area contributed by atoms with Gasteiger partial charge in [0.25, 0.3) is 0 Å². The van der Waals surface area contributed by atoms with Gasteiger partial charge in [0.1, 0.15) is 0 Å². The van der Waals surface area contributed by atoms with Crippen molar-refractivity contribution in [2.24, 2.45) is 5.92 Å². The van der Waals surface area contributed by atoms with Gasteiger partial charge in [-0.1, -0.05) is 76.2 Å². The minimum Gasteiger partial charge on any atom is -0.0879 e. The molecule has 0 aromatic rings. The lowest BCUT2D eigenvalue weighted by molar-refractivity contribution is 0.587. The van der Waals surface area contributed by atoms with Gasteiger partial charge >= 0.3 is 0 Å². The van der Waals surface area contributed by atoms with E-state index in [4.69, 9.17) is 0 Å². The average molecular weight is 250 g/mol. The lowest BCUT2D eigenvalue weighted by atomic mass is 9.97. The first-order chi connectivity index (χ1) is 8.70. The van der Waals surface area contributed by atoms with Crippen molar-refractivity contribution in [1.29, 1.82) is 0 Å². The zero-order valence-electron chi connectivity index (χ0n) is 13.2. The number of hydrogen-bond acceptors (Lipinski definition) is 0. The Morgan fingerprint density at radius 1 is 0.889 bits per heavy atom. The van der Waals surface area contributed by atoms with Gasteiger partial charge in [0.15, 0.2) is 0 Å². The molecule has 1 unspecified atom stereocenters. The number of allylic oxidation sites excluding steroid dienone is 4. The van der Waals surface area contributed by atoms with Gasteiger partial charge in [-0.3, -0.25) is 0 Å². The minimum atomic E-state index is 0.675. The van der Waals surface area contributed by atoms with Crippen LogP contribution in [0.15, 0.2) is 23.8 Å². The molecule has 0 heteroatoms. The largest absolute Gasteiger partial charge is 0.0879 e. The fourth-order valence-electron chi connectivity index (χ4n) is 2.25. The molecule has 106 valence electrons. The van der Waals surface area contributed by atoms with Crippen LogP contribution in [0, 0.1) is 5.92 Å². The predicted octanol–water partition coefficient (Wildman–Crippen LogP) is 6.68. The maximum absolute atomic E-state index is 2.44. The van der Waals surface area contributed by atoms with Crippen molar-refractivity contribution < 1.29 is 0 Å². The maximum Gasteiger partial charge on any atom is -0.00510 e. The molecule has 1 atom stereocenters. The van der Waals surface area contributed by atoms with E-state index in [0.29, 0.717) is 5.92 Å². The van der Waals surface area contributed by atoms with E-state index < -0.39 is 0 Å². The smallest absolute Gasteiger partial charge is 0.00510 e. The van der Waals surface area contributed by atoms with Crippen molar-refractivity contribution in [3.8, 4) is 0 Å². The molecule has 0 nitrogen and oxygen atoms in total. The summed E-state index contributed by atoms with van der Waals surface area (Å²) in [5.74, 6) is 0.675. The summed E-state index contributed by atoms with van der Waals surface area (Å²) in [6.07, 6.45) is 19.4. The summed E-state index contributed by atoms with van der Waals surface area (Å²) in [7, 11) is 0. The number of rotatable bonds is 11. The molecule has 0 aromatic carbocycles. The molecule has 0 bridgehead atoms. The molecule has 0 spiro atoms. The van der Waals surface area contributed by atoms with E-state index in [1.165, 1.54) is 63.4 Å². The Hall–Kier alpha value is -0.520. The molecule has 0 saturated heterocycles. The molecule has 0 aromatic heterocycles. The molecular formula is C18H34. The number of hydrogen-bond donors (Lipinski definition) is 0. The second kappa shape index (κ2) is 12.9. The van der Waals surface area contributed by atoms with Crippen LogP contribution in [0.5, 0.6) is 0 Å². The maximum atomic E-state index is 2.44. The monoisotopic (exact) mass is 250 g/mol. The van der Waals surface area contributed by atoms with Gasteiger partial charge in [-0.2, -0.15) is 0 Å². The van der Waals surface area contributed by atoms with Crippen molar-refractivity contribution >= 4 is 0 Å². The van der Waals surface area contributed by atoms with E-state index in [1.54, 1.807) is 0 Å². The molecule has 0 saturated carbocycles. The lowest BCUT2D eigenvalue weighted by Crippen LogP contribution is -1.93. The first kappa shape index (κ1) is 17.5. The van der Waals surface area contributed by atoms with Crippen LogP contribution in [-0.4, -0.2) is 0 Å². The van der Waals surface area contributed by atoms with Crippen LogP contribution in [-0.2, 0) is 0 Å². The Morgan fingerprint density at radius 2 is 1.56 bits per heavy atom. The molecule has 18 heavy (non-hydrogen) atoms. The predicted molar refractivity (Wildman–Crippen MR) is 85.0 cm³/mol. The van der Waals surface area contributed by atoms with E-state index in [0.717, 1.165) is 0 Å². The van der Waals surface area contributed by atoms with Gasteiger partial charge in [0, 0.05) is 0 Å². The van der Waals surface area contributed by atoms with Gasteiger partial charge in [-0.05, 0) is 39.0 Å². The Balaban J connectivity index is 3.95. The fourth-order valence-corrected chi connectivity index (χ4v) is 2.25. The van der Waals surface area contributed by atoms with Crippen LogP contribution < -0.4 is 0 Å². The van der Waals surface area contributed by atoms with Crippen molar-refractivity contribution in [1.82, 2.24) is 0 Å². The second-order valence-electron chi connectivity index (χ2n) is 5.68. The highest BCUT2D eigenvalue weighted by Crippen LogP contribution is 2.16. The van der Waals surface area contributed by atoms with E-state index in [9.17, 15) is 0 Å². The van der Waals surface area contributed by atoms with Gasteiger partial charge in [0.05, 0.1) is 0 Å². The van der Waals surface area contributed by atoms with Crippen LogP contribution in [0.1, 0.15) is 85.5 Å². The summed E-state index contributed by atoms with van der Waals surface area (Å²) < 4.78 is 0. The van der Waals surface area contributed by atoms with Gasteiger partial charge in [-0.15, -0.1) is 0 Å². The summed E-state index contributed by atoms with van der Waals surface area (Å²) in [5, 5.41) is 0. The first-order valence-corrected chi connectivity index (χ1v) is 8.02. The minimum absolute atomic E-state index is 0.675. The average Bonchev–Trinajstić information content (AvgIpc) is 2.33. The zero-order valence-corrected chi connectivity index (χ0v) is 13.2. The van der Waals surface area contributed by atoms with Crippen LogP contribution in [0.4, 0.5) is 0 Å². The third-order valence-corrected chi connectivity index (χ3v) is 3.30. The Bertz CT molecular complexity index is 218. The third kappa shape index (κ3) is 12.0. The summed E-state index contributed by atoms with van der Waals surface area (Å²) in [5.41, 5.74) is 1.45. The summed E-state index contributed by atoms with van der Waals surface area (Å²) in [4.78, 5) is 0. The van der Waals surface area contributed by atoms with Crippen molar-refractivity contribution in [3.05, 3.63) is 23.8 Å². The molecule has 0 amide bonds. The fraction of sp³-hybridized carbons (Fsp3) is 0.778. The highest BCUT2D eigenvalue weighted by atomic mass is 14.1. The van der Waals surface area contributed by atoms with E-state index in [1.807, 2.05) is 0 Å². The van der Waals surface area contributed by atoms with Crippen LogP contribution in [0.3, 0.4) is 0 Å². The van der Waals surface area contributed by atoms with Gasteiger partial charge in [0.2, 0.25) is 0 Å². The SMILES string of the molecule is CCCCC/C=C/C(C=C(C)C)CCCCCC. The second-order valence-corrected chi connectivity index (χ2v) is 5.68. The van der Waals surface area contributed by atoms with Gasteiger partial charge < -0.3 is 0 Å². The molecule has 0 rings (SSSR count). The summed E-state index contributed by atoms with van der Waals surface area (Å²) in [6.45, 7) is 8.97. The number of unbranched alkanes of at least 4 members (excludes halogenated alkanes) is 6. The molecule has 0 aliphatic rings. The van der Waals surface area contributed by atoms with E-state index >= 15 is 0 Å². The van der Waals surface area contributed by atoms with Crippen LogP contribution in [0.2, 0.25) is 0 Å². The molecule has 0 fully saturated rings. The van der Waals surface area contributed by atoms with Gasteiger partial charge in [-0.25, -0.2) is 0 Å². The van der Waals surface area contributed by atoms with Crippen molar-refractivity contribution in [2.45, 2.75) is 85.5 Å². The standard InChI is InChI=1S/C18H34/c1-5-7-9-11-13-15-18(16-17(3)4)14-12-10-8-6-2/h13,15-16,18H,5-12,14H2,1-4H3/b15-13+. The molecule has 0 N–H and O–H groups in total. The molecule has 0 aliphatic heterocycles. The van der Waals surface area contributed by atoms with E-state index in [2.05, 4.69) is 45.9 Å². The first-order valence-electron chi connectivity index (χ1n) is 8.02.